The SMILES string of the molecule is Cc1oncc1S(=O)(=O)N1CC(CC#N)(N/C=C(\C=N)c2cnn3c(-c4cccc(NC(=O)NCC(F)(F)F)c4)cnc3c2)C1. The number of alkyl halides is 3. The van der Waals surface area contributed by atoms with Crippen LogP contribution >= 0.6 is 0 Å². The van der Waals surface area contributed by atoms with Gasteiger partial charge in [0.05, 0.1) is 42.3 Å². The zero-order valence-corrected chi connectivity index (χ0v) is 24.3. The number of carbonyl (C=O) groups is 1. The highest BCUT2D eigenvalue weighted by Crippen LogP contribution is 2.32. The van der Waals surface area contributed by atoms with E-state index in [9.17, 15) is 31.6 Å². The standard InChI is InChI=1S/C27H25F3N10O4S/c1-17-23(13-37-44-17)45(42,43)39-15-26(16-39,5-6-31)35-10-20(9-32)19-8-24-33-12-22(40(24)36-11-19)18-3-2-4-21(7-18)38-25(41)34-14-27(28,29)30/h2-4,7-13,32,35H,5,14-16H2,1H3,(H2,34,38,41)/b20-10+,32-9?. The van der Waals surface area contributed by atoms with Crippen LogP contribution in [0.3, 0.4) is 0 Å². The molecule has 0 spiro atoms. The van der Waals surface area contributed by atoms with Crippen molar-refractivity contribution in [2.75, 3.05) is 25.0 Å². The number of allylic oxidation sites excluding steroid dienone is 1. The summed E-state index contributed by atoms with van der Waals surface area (Å²) in [4.78, 5) is 16.2. The number of halogens is 3. The van der Waals surface area contributed by atoms with Crippen LogP contribution in [0.5, 0.6) is 0 Å². The second-order valence-corrected chi connectivity index (χ2v) is 12.1. The number of anilines is 1. The fourth-order valence-electron chi connectivity index (χ4n) is 4.66. The number of hydrogen-bond acceptors (Lipinski definition) is 10. The van der Waals surface area contributed by atoms with Crippen LogP contribution in [0.4, 0.5) is 23.7 Å². The number of carbonyl (C=O) groups excluding carboxylic acids is 1. The molecule has 14 nitrogen and oxygen atoms in total. The number of benzene rings is 1. The molecule has 0 atom stereocenters. The summed E-state index contributed by atoms with van der Waals surface area (Å²) in [5.74, 6) is 0.161. The number of aromatic nitrogens is 4. The lowest BCUT2D eigenvalue weighted by atomic mass is 9.89. The molecule has 2 amide bonds. The van der Waals surface area contributed by atoms with E-state index in [0.717, 1.165) is 12.4 Å². The summed E-state index contributed by atoms with van der Waals surface area (Å²) in [6.45, 7) is 0.0410. The van der Waals surface area contributed by atoms with Gasteiger partial charge in [-0.25, -0.2) is 22.7 Å². The molecule has 3 aromatic heterocycles. The summed E-state index contributed by atoms with van der Waals surface area (Å²) >= 11 is 0. The van der Waals surface area contributed by atoms with Crippen molar-refractivity contribution < 1.29 is 30.9 Å². The van der Waals surface area contributed by atoms with Gasteiger partial charge in [0, 0.05) is 47.9 Å². The van der Waals surface area contributed by atoms with Gasteiger partial charge < -0.3 is 25.9 Å². The van der Waals surface area contributed by atoms with E-state index in [0.29, 0.717) is 28.0 Å². The molecule has 1 aliphatic heterocycles. The molecule has 0 bridgehead atoms. The molecule has 4 aromatic rings. The monoisotopic (exact) mass is 642 g/mol. The Morgan fingerprint density at radius 2 is 2.02 bits per heavy atom. The number of urea groups is 1. The molecule has 0 aliphatic carbocycles. The summed E-state index contributed by atoms with van der Waals surface area (Å²) in [7, 11) is -3.86. The van der Waals surface area contributed by atoms with Crippen LogP contribution in [0.2, 0.25) is 0 Å². The highest BCUT2D eigenvalue weighted by Gasteiger charge is 2.49. The van der Waals surface area contributed by atoms with Gasteiger partial charge in [0.25, 0.3) is 0 Å². The van der Waals surface area contributed by atoms with E-state index in [1.54, 1.807) is 29.6 Å². The first kappa shape index (κ1) is 31.2. The zero-order chi connectivity index (χ0) is 32.4. The Bertz CT molecular complexity index is 1940. The molecule has 45 heavy (non-hydrogen) atoms. The Morgan fingerprint density at radius 3 is 2.69 bits per heavy atom. The fourth-order valence-corrected chi connectivity index (χ4v) is 6.35. The van der Waals surface area contributed by atoms with Gasteiger partial charge in [-0.1, -0.05) is 17.3 Å². The van der Waals surface area contributed by atoms with Crippen molar-refractivity contribution in [1.29, 1.82) is 10.7 Å². The van der Waals surface area contributed by atoms with Crippen LogP contribution in [-0.4, -0.2) is 76.1 Å². The van der Waals surface area contributed by atoms with E-state index in [1.165, 1.54) is 40.4 Å². The molecular formula is C27H25F3N10O4S. The number of sulfonamides is 1. The average Bonchev–Trinajstić information content (AvgIpc) is 3.60. The smallest absolute Gasteiger partial charge is 0.381 e. The Kier molecular flexibility index (Phi) is 8.32. The molecule has 18 heteroatoms. The molecule has 1 saturated heterocycles. The molecule has 4 N–H and O–H groups in total. The summed E-state index contributed by atoms with van der Waals surface area (Å²) in [5.41, 5.74) is 1.78. The van der Waals surface area contributed by atoms with Crippen LogP contribution in [0.25, 0.3) is 22.5 Å². The van der Waals surface area contributed by atoms with Gasteiger partial charge in [-0.05, 0) is 25.1 Å². The quantitative estimate of drug-likeness (QED) is 0.188. The molecule has 1 fully saturated rings. The Balaban J connectivity index is 1.31. The van der Waals surface area contributed by atoms with Crippen molar-refractivity contribution in [1.82, 2.24) is 34.7 Å². The predicted molar refractivity (Wildman–Crippen MR) is 154 cm³/mol. The Morgan fingerprint density at radius 1 is 1.24 bits per heavy atom. The van der Waals surface area contributed by atoms with E-state index in [4.69, 9.17) is 9.93 Å². The first-order valence-corrected chi connectivity index (χ1v) is 14.6. The lowest BCUT2D eigenvalue weighted by Gasteiger charge is -2.48. The summed E-state index contributed by atoms with van der Waals surface area (Å²) in [6.07, 6.45) is 2.22. The minimum Gasteiger partial charge on any atom is -0.381 e. The summed E-state index contributed by atoms with van der Waals surface area (Å²) in [5, 5.41) is 32.6. The molecule has 5 rings (SSSR count). The van der Waals surface area contributed by atoms with E-state index < -0.39 is 34.3 Å². The number of nitrogens with zero attached hydrogens (tertiary/aromatic N) is 6. The van der Waals surface area contributed by atoms with E-state index in [2.05, 4.69) is 31.9 Å². The third-order valence-electron chi connectivity index (χ3n) is 6.95. The normalized spacial score (nSPS) is 15.2. The molecule has 0 unspecified atom stereocenters. The molecule has 1 aliphatic rings. The third-order valence-corrected chi connectivity index (χ3v) is 8.84. The summed E-state index contributed by atoms with van der Waals surface area (Å²) in [6, 6.07) is 9.14. The van der Waals surface area contributed by atoms with Crippen LogP contribution in [0.1, 0.15) is 17.7 Å². The molecule has 1 aromatic carbocycles. The van der Waals surface area contributed by atoms with Crippen molar-refractivity contribution in [2.24, 2.45) is 0 Å². The number of imidazole rings is 1. The lowest BCUT2D eigenvalue weighted by molar-refractivity contribution is -0.122. The maximum atomic E-state index is 12.9. The Labute approximate surface area is 254 Å². The average molecular weight is 643 g/mol. The zero-order valence-electron chi connectivity index (χ0n) is 23.5. The number of nitrogens with one attached hydrogen (secondary N) is 4. The fraction of sp³-hybridized carbons (Fsp3) is 0.259. The van der Waals surface area contributed by atoms with Crippen LogP contribution in [-0.2, 0) is 10.0 Å². The molecule has 0 radical (unpaired) electrons. The number of hydrogen-bond donors (Lipinski definition) is 4. The van der Waals surface area contributed by atoms with E-state index in [-0.39, 0.29) is 35.9 Å². The first-order valence-electron chi connectivity index (χ1n) is 13.2. The molecule has 4 heterocycles. The van der Waals surface area contributed by atoms with Gasteiger partial charge in [0.2, 0.25) is 10.0 Å². The van der Waals surface area contributed by atoms with E-state index in [1.807, 2.05) is 0 Å². The van der Waals surface area contributed by atoms with Crippen LogP contribution in [0, 0.1) is 23.7 Å². The van der Waals surface area contributed by atoms with Crippen molar-refractivity contribution >= 4 is 39.2 Å². The maximum absolute atomic E-state index is 12.9. The number of nitriles is 1. The molecular weight excluding hydrogens is 617 g/mol. The van der Waals surface area contributed by atoms with Gasteiger partial charge >= 0.3 is 12.2 Å². The predicted octanol–water partition coefficient (Wildman–Crippen LogP) is 3.31. The largest absolute Gasteiger partial charge is 0.405 e. The van der Waals surface area contributed by atoms with Crippen molar-refractivity contribution in [2.45, 2.75) is 30.0 Å². The van der Waals surface area contributed by atoms with E-state index >= 15 is 0 Å². The minimum atomic E-state index is -4.54. The van der Waals surface area contributed by atoms with Gasteiger partial charge in [-0.2, -0.15) is 27.8 Å². The van der Waals surface area contributed by atoms with Crippen molar-refractivity contribution in [3.63, 3.8) is 0 Å². The first-order chi connectivity index (χ1) is 21.3. The van der Waals surface area contributed by atoms with Gasteiger partial charge in [0.1, 0.15) is 11.4 Å². The van der Waals surface area contributed by atoms with Gasteiger partial charge in [-0.15, -0.1) is 0 Å². The number of amides is 2. The number of fused-ring (bicyclic) bond motifs is 1. The minimum absolute atomic E-state index is 0.00221. The highest BCUT2D eigenvalue weighted by atomic mass is 32.2. The van der Waals surface area contributed by atoms with Crippen molar-refractivity contribution in [3.05, 3.63) is 66.4 Å². The second-order valence-electron chi connectivity index (χ2n) is 10.2. The topological polar surface area (TPSA) is 194 Å². The second kappa shape index (κ2) is 12.0. The molecule has 0 saturated carbocycles. The van der Waals surface area contributed by atoms with Gasteiger partial charge in [-0.3, -0.25) is 0 Å². The van der Waals surface area contributed by atoms with Crippen LogP contribution < -0.4 is 16.0 Å². The highest BCUT2D eigenvalue weighted by molar-refractivity contribution is 7.89. The van der Waals surface area contributed by atoms with Gasteiger partial charge in [0.15, 0.2) is 11.4 Å². The number of aryl methyl sites for hydroxylation is 1. The van der Waals surface area contributed by atoms with Crippen molar-refractivity contribution in [3.8, 4) is 17.3 Å². The maximum Gasteiger partial charge on any atom is 0.405 e. The van der Waals surface area contributed by atoms with Crippen LogP contribution in [0.15, 0.2) is 64.5 Å². The Hall–Kier alpha value is -5.28. The lowest BCUT2D eigenvalue weighted by Crippen LogP contribution is -2.69. The third kappa shape index (κ3) is 6.63. The summed E-state index contributed by atoms with van der Waals surface area (Å²) < 4.78 is 70.7. The molecule has 234 valence electrons. The number of rotatable bonds is 10.